The van der Waals surface area contributed by atoms with Crippen LogP contribution >= 0.6 is 0 Å². The molecule has 0 aliphatic carbocycles. The van der Waals surface area contributed by atoms with Crippen LogP contribution in [0.3, 0.4) is 0 Å². The monoisotopic (exact) mass is 221 g/mol. The third kappa shape index (κ3) is 3.30. The van der Waals surface area contributed by atoms with Crippen molar-refractivity contribution in [3.8, 4) is 0 Å². The molecule has 0 amide bonds. The molecule has 0 bridgehead atoms. The molecule has 1 N–H and O–H groups in total. The Bertz CT molecular complexity index is 458. The number of H-pyrrole nitrogens is 1. The third-order valence-electron chi connectivity index (χ3n) is 1.50. The predicted octanol–water partition coefficient (Wildman–Crippen LogP) is -1.37. The average molecular weight is 221 g/mol. The molecule has 0 aromatic carbocycles. The molecule has 0 atom stereocenters. The van der Waals surface area contributed by atoms with Gasteiger partial charge in [-0.15, -0.1) is 0 Å². The fourth-order valence-corrected chi connectivity index (χ4v) is 1.32. The lowest BCUT2D eigenvalue weighted by Crippen LogP contribution is -2.09. The summed E-state index contributed by atoms with van der Waals surface area (Å²) in [5.74, 6) is 0.457. The molecule has 0 fully saturated rings. The van der Waals surface area contributed by atoms with Gasteiger partial charge in [0.1, 0.15) is 5.82 Å². The van der Waals surface area contributed by atoms with Crippen LogP contribution in [0.15, 0.2) is 4.79 Å². The SMILES string of the molecule is Cn1[nH]c(=O)nc1CCOS(C)(=O)=O. The highest BCUT2D eigenvalue weighted by Crippen LogP contribution is 1.93. The van der Waals surface area contributed by atoms with Crippen molar-refractivity contribution < 1.29 is 12.6 Å². The fourth-order valence-electron chi connectivity index (χ4n) is 0.933. The first-order valence-electron chi connectivity index (χ1n) is 3.85. The van der Waals surface area contributed by atoms with Crippen molar-refractivity contribution in [3.05, 3.63) is 16.3 Å². The summed E-state index contributed by atoms with van der Waals surface area (Å²) >= 11 is 0. The Morgan fingerprint density at radius 1 is 1.57 bits per heavy atom. The summed E-state index contributed by atoms with van der Waals surface area (Å²) in [5.41, 5.74) is -0.457. The molecular weight excluding hydrogens is 210 g/mol. The molecule has 7 nitrogen and oxygen atoms in total. The van der Waals surface area contributed by atoms with Crippen molar-refractivity contribution in [2.24, 2.45) is 7.05 Å². The largest absolute Gasteiger partial charge is 0.361 e. The van der Waals surface area contributed by atoms with Crippen LogP contribution in [0.4, 0.5) is 0 Å². The highest BCUT2D eigenvalue weighted by atomic mass is 32.2. The predicted molar refractivity (Wildman–Crippen MR) is 48.3 cm³/mol. The van der Waals surface area contributed by atoms with E-state index in [-0.39, 0.29) is 13.0 Å². The first-order valence-corrected chi connectivity index (χ1v) is 5.66. The van der Waals surface area contributed by atoms with E-state index in [9.17, 15) is 13.2 Å². The van der Waals surface area contributed by atoms with Gasteiger partial charge in [0.2, 0.25) is 0 Å². The van der Waals surface area contributed by atoms with E-state index in [2.05, 4.69) is 14.3 Å². The Morgan fingerprint density at radius 3 is 2.64 bits per heavy atom. The molecule has 80 valence electrons. The van der Waals surface area contributed by atoms with Crippen molar-refractivity contribution in [2.45, 2.75) is 6.42 Å². The normalized spacial score (nSPS) is 11.9. The summed E-state index contributed by atoms with van der Waals surface area (Å²) in [7, 11) is -1.81. The summed E-state index contributed by atoms with van der Waals surface area (Å²) in [4.78, 5) is 14.3. The number of hydrogen-bond donors (Lipinski definition) is 1. The molecule has 0 unspecified atom stereocenters. The van der Waals surface area contributed by atoms with E-state index in [0.29, 0.717) is 5.82 Å². The average Bonchev–Trinajstić information content (AvgIpc) is 2.27. The molecule has 0 aliphatic rings. The Hall–Kier alpha value is -1.15. The van der Waals surface area contributed by atoms with Gasteiger partial charge in [0.25, 0.3) is 10.1 Å². The second-order valence-electron chi connectivity index (χ2n) is 2.78. The number of aromatic amines is 1. The Morgan fingerprint density at radius 2 is 2.21 bits per heavy atom. The van der Waals surface area contributed by atoms with Gasteiger partial charge in [-0.25, -0.2) is 9.89 Å². The van der Waals surface area contributed by atoms with E-state index < -0.39 is 15.8 Å². The number of nitrogens with one attached hydrogen (secondary N) is 1. The van der Waals surface area contributed by atoms with Gasteiger partial charge in [-0.2, -0.15) is 13.4 Å². The van der Waals surface area contributed by atoms with Crippen LogP contribution in [-0.2, 0) is 27.8 Å². The molecule has 0 aliphatic heterocycles. The van der Waals surface area contributed by atoms with Crippen molar-refractivity contribution in [3.63, 3.8) is 0 Å². The Kier molecular flexibility index (Phi) is 3.06. The first kappa shape index (κ1) is 10.9. The Balaban J connectivity index is 2.55. The van der Waals surface area contributed by atoms with Crippen LogP contribution in [-0.4, -0.2) is 36.0 Å². The minimum absolute atomic E-state index is 0.0169. The third-order valence-corrected chi connectivity index (χ3v) is 2.10. The number of aryl methyl sites for hydroxylation is 1. The molecule has 1 aromatic rings. The molecule has 8 heteroatoms. The van der Waals surface area contributed by atoms with Gasteiger partial charge in [-0.3, -0.25) is 8.86 Å². The van der Waals surface area contributed by atoms with Gasteiger partial charge in [0.05, 0.1) is 12.9 Å². The van der Waals surface area contributed by atoms with E-state index in [1.165, 1.54) is 4.68 Å². The minimum atomic E-state index is -3.43. The van der Waals surface area contributed by atoms with Gasteiger partial charge >= 0.3 is 5.69 Å². The molecule has 0 radical (unpaired) electrons. The number of hydrogen-bond acceptors (Lipinski definition) is 5. The van der Waals surface area contributed by atoms with Gasteiger partial charge in [-0.1, -0.05) is 0 Å². The van der Waals surface area contributed by atoms with E-state index in [4.69, 9.17) is 0 Å². The smallest absolute Gasteiger partial charge is 0.273 e. The van der Waals surface area contributed by atoms with E-state index in [1.54, 1.807) is 7.05 Å². The molecular formula is C6H11N3O4S. The van der Waals surface area contributed by atoms with Crippen LogP contribution in [0.5, 0.6) is 0 Å². The van der Waals surface area contributed by atoms with Gasteiger partial charge in [0.15, 0.2) is 0 Å². The van der Waals surface area contributed by atoms with Crippen LogP contribution < -0.4 is 5.69 Å². The summed E-state index contributed by atoms with van der Waals surface area (Å²) in [5, 5.41) is 2.40. The van der Waals surface area contributed by atoms with Gasteiger partial charge < -0.3 is 0 Å². The van der Waals surface area contributed by atoms with Crippen molar-refractivity contribution in [1.29, 1.82) is 0 Å². The van der Waals surface area contributed by atoms with Crippen LogP contribution in [0.1, 0.15) is 5.82 Å². The summed E-state index contributed by atoms with van der Waals surface area (Å²) < 4.78 is 27.1. The maximum Gasteiger partial charge on any atom is 0.361 e. The number of rotatable bonds is 4. The molecule has 0 spiro atoms. The lowest BCUT2D eigenvalue weighted by molar-refractivity contribution is 0.321. The van der Waals surface area contributed by atoms with Crippen molar-refractivity contribution in [1.82, 2.24) is 14.8 Å². The first-order chi connectivity index (χ1) is 6.38. The maximum atomic E-state index is 10.7. The quantitative estimate of drug-likeness (QED) is 0.633. The molecule has 1 aromatic heterocycles. The zero-order chi connectivity index (χ0) is 10.8. The molecule has 0 saturated carbocycles. The van der Waals surface area contributed by atoms with E-state index >= 15 is 0 Å². The van der Waals surface area contributed by atoms with Crippen molar-refractivity contribution in [2.75, 3.05) is 12.9 Å². The second kappa shape index (κ2) is 3.93. The summed E-state index contributed by atoms with van der Waals surface area (Å²) in [6.07, 6.45) is 1.24. The standard InChI is InChI=1S/C6H11N3O4S/c1-9-5(7-6(10)8-9)3-4-13-14(2,11)12/h3-4H2,1-2H3,(H,8,10). The lowest BCUT2D eigenvalue weighted by atomic mass is 10.4. The highest BCUT2D eigenvalue weighted by molar-refractivity contribution is 7.85. The topological polar surface area (TPSA) is 94.0 Å². The molecule has 1 heterocycles. The van der Waals surface area contributed by atoms with Gasteiger partial charge in [0, 0.05) is 13.5 Å². The van der Waals surface area contributed by atoms with E-state index in [0.717, 1.165) is 6.26 Å². The number of nitrogens with zero attached hydrogens (tertiary/aromatic N) is 2. The molecule has 14 heavy (non-hydrogen) atoms. The molecule has 0 saturated heterocycles. The van der Waals surface area contributed by atoms with Crippen LogP contribution in [0.25, 0.3) is 0 Å². The summed E-state index contributed by atoms with van der Waals surface area (Å²) in [6, 6.07) is 0. The minimum Gasteiger partial charge on any atom is -0.273 e. The lowest BCUT2D eigenvalue weighted by Gasteiger charge is -2.00. The van der Waals surface area contributed by atoms with Crippen LogP contribution in [0, 0.1) is 0 Å². The maximum absolute atomic E-state index is 10.7. The molecule has 1 rings (SSSR count). The number of aromatic nitrogens is 3. The van der Waals surface area contributed by atoms with Crippen molar-refractivity contribution >= 4 is 10.1 Å². The zero-order valence-electron chi connectivity index (χ0n) is 7.85. The summed E-state index contributed by atoms with van der Waals surface area (Å²) in [6.45, 7) is -0.0169. The highest BCUT2D eigenvalue weighted by Gasteiger charge is 2.05. The zero-order valence-corrected chi connectivity index (χ0v) is 8.67. The fraction of sp³-hybridized carbons (Fsp3) is 0.667. The van der Waals surface area contributed by atoms with E-state index in [1.807, 2.05) is 0 Å². The Labute approximate surface area is 80.8 Å². The van der Waals surface area contributed by atoms with Gasteiger partial charge in [-0.05, 0) is 0 Å². The second-order valence-corrected chi connectivity index (χ2v) is 4.42. The van der Waals surface area contributed by atoms with Crippen LogP contribution in [0.2, 0.25) is 0 Å².